The maximum atomic E-state index is 12.3. The second kappa shape index (κ2) is 6.73. The fourth-order valence-electron chi connectivity index (χ4n) is 2.51. The van der Waals surface area contributed by atoms with Crippen molar-refractivity contribution in [1.82, 2.24) is 25.7 Å². The molecule has 0 aliphatic carbocycles. The number of rotatable bonds is 5. The highest BCUT2D eigenvalue weighted by Crippen LogP contribution is 2.29. The van der Waals surface area contributed by atoms with Gasteiger partial charge in [-0.3, -0.25) is 4.79 Å². The lowest BCUT2D eigenvalue weighted by Gasteiger charge is -2.04. The number of amides is 1. The fraction of sp³-hybridized carbons (Fsp3) is 0.176. The largest absolute Gasteiger partial charge is 0.352 e. The van der Waals surface area contributed by atoms with E-state index in [1.54, 1.807) is 40.9 Å². The second-order valence-electron chi connectivity index (χ2n) is 5.55. The lowest BCUT2D eigenvalue weighted by molar-refractivity contribution is 0.0954. The van der Waals surface area contributed by atoms with Crippen LogP contribution in [0.2, 0.25) is 0 Å². The number of hydrogen-bond donors (Lipinski definition) is 2. The van der Waals surface area contributed by atoms with Crippen LogP contribution in [0.15, 0.2) is 35.7 Å². The van der Waals surface area contributed by atoms with Gasteiger partial charge in [0.1, 0.15) is 11.0 Å². The van der Waals surface area contributed by atoms with Crippen molar-refractivity contribution in [3.8, 4) is 10.6 Å². The van der Waals surface area contributed by atoms with Crippen LogP contribution in [0.3, 0.4) is 0 Å². The van der Waals surface area contributed by atoms with Gasteiger partial charge in [-0.15, -0.1) is 22.7 Å². The van der Waals surface area contributed by atoms with Gasteiger partial charge >= 0.3 is 0 Å². The molecule has 0 spiro atoms. The Morgan fingerprint density at radius 1 is 1.20 bits per heavy atom. The number of aromatic nitrogens is 4. The van der Waals surface area contributed by atoms with E-state index in [-0.39, 0.29) is 5.91 Å². The zero-order chi connectivity index (χ0) is 17.2. The minimum Gasteiger partial charge on any atom is -0.352 e. The van der Waals surface area contributed by atoms with E-state index in [2.05, 4.69) is 43.2 Å². The Labute approximate surface area is 151 Å². The van der Waals surface area contributed by atoms with Gasteiger partial charge in [0.25, 0.3) is 5.91 Å². The predicted molar refractivity (Wildman–Crippen MR) is 100 cm³/mol. The minimum absolute atomic E-state index is 0.100. The third-order valence-corrected chi connectivity index (χ3v) is 5.71. The second-order valence-corrected chi connectivity index (χ2v) is 7.78. The monoisotopic (exact) mass is 369 g/mol. The summed E-state index contributed by atoms with van der Waals surface area (Å²) in [5.41, 5.74) is 3.06. The van der Waals surface area contributed by atoms with Crippen molar-refractivity contribution in [2.45, 2.75) is 13.3 Å². The van der Waals surface area contributed by atoms with Crippen LogP contribution in [0.25, 0.3) is 21.6 Å². The number of aryl methyl sites for hydroxylation is 1. The Bertz CT molecular complexity index is 1030. The Morgan fingerprint density at radius 3 is 2.92 bits per heavy atom. The molecular weight excluding hydrogens is 354 g/mol. The number of hydrogen-bond acceptors (Lipinski definition) is 6. The van der Waals surface area contributed by atoms with E-state index in [4.69, 9.17) is 0 Å². The molecule has 2 N–H and O–H groups in total. The summed E-state index contributed by atoms with van der Waals surface area (Å²) >= 11 is 3.38. The average Bonchev–Trinajstić information content (AvgIpc) is 3.33. The number of carbonyl (C=O) groups is 1. The molecule has 0 aliphatic heterocycles. The fourth-order valence-corrected chi connectivity index (χ4v) is 4.16. The molecule has 0 atom stereocenters. The zero-order valence-corrected chi connectivity index (χ0v) is 15.1. The van der Waals surface area contributed by atoms with E-state index >= 15 is 0 Å². The molecule has 1 amide bonds. The van der Waals surface area contributed by atoms with Crippen molar-refractivity contribution >= 4 is 39.6 Å². The molecule has 25 heavy (non-hydrogen) atoms. The number of fused-ring (bicyclic) bond motifs is 1. The smallest absolute Gasteiger partial charge is 0.251 e. The van der Waals surface area contributed by atoms with Crippen LogP contribution in [0, 0.1) is 6.92 Å². The highest BCUT2D eigenvalue weighted by atomic mass is 32.1. The number of benzene rings is 1. The Morgan fingerprint density at radius 2 is 2.08 bits per heavy atom. The minimum atomic E-state index is -0.100. The molecule has 0 bridgehead atoms. The molecule has 0 aliphatic rings. The number of nitrogens with one attached hydrogen (secondary N) is 2. The predicted octanol–water partition coefficient (Wildman–Crippen LogP) is 3.42. The van der Waals surface area contributed by atoms with E-state index in [0.29, 0.717) is 17.6 Å². The highest BCUT2D eigenvalue weighted by molar-refractivity contribution is 7.16. The van der Waals surface area contributed by atoms with Crippen molar-refractivity contribution in [2.24, 2.45) is 0 Å². The average molecular weight is 369 g/mol. The molecule has 1 aromatic carbocycles. The van der Waals surface area contributed by atoms with Crippen molar-refractivity contribution in [2.75, 3.05) is 6.54 Å². The quantitative estimate of drug-likeness (QED) is 0.564. The molecule has 8 heteroatoms. The van der Waals surface area contributed by atoms with E-state index < -0.39 is 0 Å². The van der Waals surface area contributed by atoms with Gasteiger partial charge in [-0.1, -0.05) is 0 Å². The van der Waals surface area contributed by atoms with Gasteiger partial charge in [0.2, 0.25) is 0 Å². The van der Waals surface area contributed by atoms with Crippen molar-refractivity contribution < 1.29 is 4.79 Å². The number of nitrogens with zero attached hydrogens (tertiary/aromatic N) is 3. The number of thiophene rings is 1. The van der Waals surface area contributed by atoms with Crippen molar-refractivity contribution in [3.05, 3.63) is 51.2 Å². The molecule has 4 rings (SSSR count). The van der Waals surface area contributed by atoms with Crippen molar-refractivity contribution in [1.29, 1.82) is 0 Å². The maximum Gasteiger partial charge on any atom is 0.251 e. The summed E-state index contributed by atoms with van der Waals surface area (Å²) in [5.74, 6) is -0.100. The number of H-pyrrole nitrogens is 1. The lowest BCUT2D eigenvalue weighted by atomic mass is 10.2. The van der Waals surface area contributed by atoms with Crippen LogP contribution < -0.4 is 5.32 Å². The summed E-state index contributed by atoms with van der Waals surface area (Å²) in [6.45, 7) is 2.60. The third-order valence-electron chi connectivity index (χ3n) is 3.77. The SMILES string of the molecule is Cc1nc(-c2ccc(CCNC(=O)c3ccc4n[nH]nc4c3)s2)cs1. The third kappa shape index (κ3) is 3.45. The maximum absolute atomic E-state index is 12.3. The summed E-state index contributed by atoms with van der Waals surface area (Å²) in [6.07, 6.45) is 0.797. The van der Waals surface area contributed by atoms with Crippen LogP contribution >= 0.6 is 22.7 Å². The zero-order valence-electron chi connectivity index (χ0n) is 13.4. The topological polar surface area (TPSA) is 83.6 Å². The molecule has 0 unspecified atom stereocenters. The van der Waals surface area contributed by atoms with E-state index in [0.717, 1.165) is 22.6 Å². The van der Waals surface area contributed by atoms with E-state index in [1.165, 1.54) is 9.75 Å². The summed E-state index contributed by atoms with van der Waals surface area (Å²) in [5, 5.41) is 16.6. The number of thiazole rings is 1. The summed E-state index contributed by atoms with van der Waals surface area (Å²) in [4.78, 5) is 19.2. The van der Waals surface area contributed by atoms with E-state index in [1.807, 2.05) is 6.92 Å². The molecular formula is C17H15N5OS2. The summed E-state index contributed by atoms with van der Waals surface area (Å²) in [6, 6.07) is 9.47. The Kier molecular flexibility index (Phi) is 4.29. The number of carbonyl (C=O) groups excluding carboxylic acids is 1. The molecule has 0 saturated carbocycles. The van der Waals surface area contributed by atoms with Gasteiger partial charge in [0, 0.05) is 22.4 Å². The van der Waals surface area contributed by atoms with Crippen LogP contribution in [0.4, 0.5) is 0 Å². The van der Waals surface area contributed by atoms with Gasteiger partial charge in [-0.25, -0.2) is 4.98 Å². The molecule has 0 saturated heterocycles. The van der Waals surface area contributed by atoms with E-state index in [9.17, 15) is 4.79 Å². The lowest BCUT2D eigenvalue weighted by Crippen LogP contribution is -2.25. The van der Waals surface area contributed by atoms with Crippen LogP contribution in [-0.4, -0.2) is 32.8 Å². The summed E-state index contributed by atoms with van der Waals surface area (Å²) < 4.78 is 0. The van der Waals surface area contributed by atoms with Gasteiger partial charge in [0.15, 0.2) is 0 Å². The Balaban J connectivity index is 1.35. The first-order chi connectivity index (χ1) is 12.2. The molecule has 0 radical (unpaired) electrons. The number of aromatic amines is 1. The molecule has 4 aromatic rings. The molecule has 0 fully saturated rings. The summed E-state index contributed by atoms with van der Waals surface area (Å²) in [7, 11) is 0. The van der Waals surface area contributed by atoms with Crippen LogP contribution in [0.5, 0.6) is 0 Å². The van der Waals surface area contributed by atoms with Crippen molar-refractivity contribution in [3.63, 3.8) is 0 Å². The first-order valence-corrected chi connectivity index (χ1v) is 9.48. The first kappa shape index (κ1) is 15.9. The van der Waals surface area contributed by atoms with Gasteiger partial charge < -0.3 is 5.32 Å². The molecule has 3 heterocycles. The molecule has 6 nitrogen and oxygen atoms in total. The van der Waals surface area contributed by atoms with Gasteiger partial charge in [0.05, 0.1) is 15.6 Å². The molecule has 3 aromatic heterocycles. The standard InChI is InChI=1S/C17H15N5OS2/c1-10-19-15(9-24-10)16-5-3-12(25-16)6-7-18-17(23)11-2-4-13-14(8-11)21-22-20-13/h2-5,8-9H,6-7H2,1H3,(H,18,23)(H,20,21,22). The van der Waals surface area contributed by atoms with Gasteiger partial charge in [-0.05, 0) is 43.7 Å². The molecule has 126 valence electrons. The van der Waals surface area contributed by atoms with Crippen LogP contribution in [0.1, 0.15) is 20.2 Å². The van der Waals surface area contributed by atoms with Gasteiger partial charge in [-0.2, -0.15) is 15.4 Å². The Hall–Kier alpha value is -2.58. The highest BCUT2D eigenvalue weighted by Gasteiger charge is 2.09. The van der Waals surface area contributed by atoms with Crippen LogP contribution in [-0.2, 0) is 6.42 Å². The first-order valence-electron chi connectivity index (χ1n) is 7.79. The normalized spacial score (nSPS) is 11.1.